The molecule has 1 aromatic carbocycles. The number of hydrogen-bond acceptors (Lipinski definition) is 3. The van der Waals surface area contributed by atoms with Gasteiger partial charge in [0, 0.05) is 37.1 Å². The number of carbonyl (C=O) groups excluding carboxylic acids is 1. The molecule has 0 aliphatic carbocycles. The van der Waals surface area contributed by atoms with Crippen molar-refractivity contribution < 1.29 is 4.79 Å². The molecule has 0 radical (unpaired) electrons. The largest absolute Gasteiger partial charge is 0.351 e. The average molecular weight is 258 g/mol. The zero-order valence-corrected chi connectivity index (χ0v) is 10.9. The van der Waals surface area contributed by atoms with Gasteiger partial charge in [-0.25, -0.2) is 0 Å². The molecule has 1 heterocycles. The maximum atomic E-state index is 11.8. The van der Waals surface area contributed by atoms with E-state index in [2.05, 4.69) is 20.8 Å². The summed E-state index contributed by atoms with van der Waals surface area (Å²) in [7, 11) is 0. The molecule has 0 unspecified atom stereocenters. The van der Waals surface area contributed by atoms with Crippen LogP contribution < -0.4 is 10.6 Å². The monoisotopic (exact) mass is 258 g/mol. The number of aromatic nitrogens is 2. The first-order chi connectivity index (χ1) is 9.25. The molecule has 2 rings (SSSR count). The van der Waals surface area contributed by atoms with Crippen LogP contribution in [0.1, 0.15) is 21.6 Å². The summed E-state index contributed by atoms with van der Waals surface area (Å²) in [5.74, 6) is -0.0386. The van der Waals surface area contributed by atoms with Gasteiger partial charge >= 0.3 is 0 Å². The van der Waals surface area contributed by atoms with E-state index in [1.807, 2.05) is 37.3 Å². The van der Waals surface area contributed by atoms with Gasteiger partial charge in [0.1, 0.15) is 0 Å². The maximum Gasteiger partial charge on any atom is 0.251 e. The van der Waals surface area contributed by atoms with Crippen molar-refractivity contribution in [1.29, 1.82) is 0 Å². The molecule has 0 bridgehead atoms. The highest BCUT2D eigenvalue weighted by atomic mass is 16.1. The number of nitrogens with zero attached hydrogens (tertiary/aromatic N) is 1. The van der Waals surface area contributed by atoms with Gasteiger partial charge in [-0.05, 0) is 25.1 Å². The van der Waals surface area contributed by atoms with E-state index in [-0.39, 0.29) is 5.91 Å². The van der Waals surface area contributed by atoms with E-state index in [1.54, 1.807) is 6.20 Å². The number of H-pyrrole nitrogens is 1. The van der Waals surface area contributed by atoms with E-state index in [9.17, 15) is 4.79 Å². The van der Waals surface area contributed by atoms with Crippen LogP contribution in [0.4, 0.5) is 0 Å². The van der Waals surface area contributed by atoms with Crippen LogP contribution in [0.15, 0.2) is 36.5 Å². The van der Waals surface area contributed by atoms with Crippen molar-refractivity contribution in [2.75, 3.05) is 13.1 Å². The Morgan fingerprint density at radius 1 is 1.21 bits per heavy atom. The molecule has 1 amide bonds. The van der Waals surface area contributed by atoms with Crippen molar-refractivity contribution >= 4 is 5.91 Å². The van der Waals surface area contributed by atoms with Gasteiger partial charge in [-0.15, -0.1) is 0 Å². The minimum Gasteiger partial charge on any atom is -0.351 e. The number of rotatable bonds is 6. The highest BCUT2D eigenvalue weighted by molar-refractivity contribution is 5.94. The molecule has 0 aliphatic heterocycles. The number of amides is 1. The van der Waals surface area contributed by atoms with E-state index in [1.165, 1.54) is 0 Å². The quantitative estimate of drug-likeness (QED) is 0.683. The average Bonchev–Trinajstić information content (AvgIpc) is 2.92. The highest BCUT2D eigenvalue weighted by Gasteiger charge is 2.03. The third-order valence-electron chi connectivity index (χ3n) is 2.77. The molecule has 2 aromatic rings. The SMILES string of the molecule is Cc1ccc(C(=O)NCCNCc2ccn[nH]2)cc1. The van der Waals surface area contributed by atoms with Gasteiger partial charge in [0.05, 0.1) is 0 Å². The number of aromatic amines is 1. The van der Waals surface area contributed by atoms with E-state index >= 15 is 0 Å². The number of nitrogens with one attached hydrogen (secondary N) is 3. The fraction of sp³-hybridized carbons (Fsp3) is 0.286. The highest BCUT2D eigenvalue weighted by Crippen LogP contribution is 2.02. The molecule has 5 heteroatoms. The van der Waals surface area contributed by atoms with Crippen LogP contribution in [0, 0.1) is 6.92 Å². The molecule has 0 spiro atoms. The lowest BCUT2D eigenvalue weighted by molar-refractivity contribution is 0.0954. The van der Waals surface area contributed by atoms with Crippen LogP contribution in [0.2, 0.25) is 0 Å². The van der Waals surface area contributed by atoms with E-state index in [4.69, 9.17) is 0 Å². The third kappa shape index (κ3) is 4.22. The second-order valence-corrected chi connectivity index (χ2v) is 4.38. The topological polar surface area (TPSA) is 69.8 Å². The summed E-state index contributed by atoms with van der Waals surface area (Å²) in [5, 5.41) is 12.8. The second kappa shape index (κ2) is 6.70. The van der Waals surface area contributed by atoms with Crippen LogP contribution in [0.25, 0.3) is 0 Å². The number of aryl methyl sites for hydroxylation is 1. The first kappa shape index (κ1) is 13.3. The standard InChI is InChI=1S/C14H18N4O/c1-11-2-4-12(5-3-11)14(19)16-9-8-15-10-13-6-7-17-18-13/h2-7,15H,8-10H2,1H3,(H,16,19)(H,17,18). The van der Waals surface area contributed by atoms with Crippen molar-refractivity contribution in [3.63, 3.8) is 0 Å². The van der Waals surface area contributed by atoms with Gasteiger partial charge in [-0.3, -0.25) is 9.89 Å². The Morgan fingerprint density at radius 3 is 2.68 bits per heavy atom. The molecule has 0 aliphatic rings. The van der Waals surface area contributed by atoms with Gasteiger partial charge in [0.25, 0.3) is 5.91 Å². The van der Waals surface area contributed by atoms with Gasteiger partial charge in [-0.2, -0.15) is 5.10 Å². The summed E-state index contributed by atoms with van der Waals surface area (Å²) in [4.78, 5) is 11.8. The Hall–Kier alpha value is -2.14. The fourth-order valence-corrected chi connectivity index (χ4v) is 1.68. The van der Waals surface area contributed by atoms with Crippen LogP contribution in [0.5, 0.6) is 0 Å². The molecular formula is C14H18N4O. The zero-order valence-electron chi connectivity index (χ0n) is 10.9. The number of benzene rings is 1. The van der Waals surface area contributed by atoms with Crippen molar-refractivity contribution in [1.82, 2.24) is 20.8 Å². The van der Waals surface area contributed by atoms with Crippen LogP contribution in [-0.4, -0.2) is 29.2 Å². The third-order valence-corrected chi connectivity index (χ3v) is 2.77. The van der Waals surface area contributed by atoms with E-state index in [0.29, 0.717) is 12.1 Å². The summed E-state index contributed by atoms with van der Waals surface area (Å²) < 4.78 is 0. The summed E-state index contributed by atoms with van der Waals surface area (Å²) in [5.41, 5.74) is 2.88. The molecule has 0 saturated heterocycles. The predicted molar refractivity (Wildman–Crippen MR) is 73.8 cm³/mol. The lowest BCUT2D eigenvalue weighted by atomic mass is 10.1. The summed E-state index contributed by atoms with van der Waals surface area (Å²) in [6, 6.07) is 9.46. The number of carbonyl (C=O) groups is 1. The molecule has 0 atom stereocenters. The van der Waals surface area contributed by atoms with Crippen LogP contribution in [-0.2, 0) is 6.54 Å². The Balaban J connectivity index is 1.65. The van der Waals surface area contributed by atoms with Crippen molar-refractivity contribution in [2.24, 2.45) is 0 Å². The molecular weight excluding hydrogens is 240 g/mol. The zero-order chi connectivity index (χ0) is 13.5. The fourth-order valence-electron chi connectivity index (χ4n) is 1.68. The van der Waals surface area contributed by atoms with Crippen molar-refractivity contribution in [2.45, 2.75) is 13.5 Å². The summed E-state index contributed by atoms with van der Waals surface area (Å²) >= 11 is 0. The predicted octanol–water partition coefficient (Wildman–Crippen LogP) is 1.24. The summed E-state index contributed by atoms with van der Waals surface area (Å²) in [6.45, 7) is 4.04. The van der Waals surface area contributed by atoms with Gasteiger partial charge in [0.2, 0.25) is 0 Å². The minimum absolute atomic E-state index is 0.0386. The normalized spacial score (nSPS) is 10.4. The lowest BCUT2D eigenvalue weighted by Crippen LogP contribution is -2.31. The Morgan fingerprint density at radius 2 is 2.00 bits per heavy atom. The Bertz CT molecular complexity index is 505. The molecule has 100 valence electrons. The van der Waals surface area contributed by atoms with Gasteiger partial charge < -0.3 is 10.6 Å². The first-order valence-corrected chi connectivity index (χ1v) is 6.29. The van der Waals surface area contributed by atoms with Crippen molar-refractivity contribution in [3.05, 3.63) is 53.3 Å². The molecule has 19 heavy (non-hydrogen) atoms. The molecule has 3 N–H and O–H groups in total. The number of hydrogen-bond donors (Lipinski definition) is 3. The summed E-state index contributed by atoms with van der Waals surface area (Å²) in [6.07, 6.45) is 1.72. The minimum atomic E-state index is -0.0386. The van der Waals surface area contributed by atoms with Gasteiger partial charge in [-0.1, -0.05) is 17.7 Å². The molecule has 1 aromatic heterocycles. The smallest absolute Gasteiger partial charge is 0.251 e. The maximum absolute atomic E-state index is 11.8. The molecule has 0 saturated carbocycles. The van der Waals surface area contributed by atoms with E-state index < -0.39 is 0 Å². The Kier molecular flexibility index (Phi) is 4.69. The Labute approximate surface area is 112 Å². The second-order valence-electron chi connectivity index (χ2n) is 4.38. The first-order valence-electron chi connectivity index (χ1n) is 6.29. The molecule has 0 fully saturated rings. The van der Waals surface area contributed by atoms with Crippen LogP contribution >= 0.6 is 0 Å². The van der Waals surface area contributed by atoms with Crippen molar-refractivity contribution in [3.8, 4) is 0 Å². The molecule has 5 nitrogen and oxygen atoms in total. The van der Waals surface area contributed by atoms with Crippen LogP contribution in [0.3, 0.4) is 0 Å². The van der Waals surface area contributed by atoms with Gasteiger partial charge in [0.15, 0.2) is 0 Å². The van der Waals surface area contributed by atoms with E-state index in [0.717, 1.165) is 24.3 Å². The lowest BCUT2D eigenvalue weighted by Gasteiger charge is -2.06.